The smallest absolute Gasteiger partial charge is 0.293 e. The Balaban J connectivity index is 1.62. The standard InChI is InChI=1S/C22H25ClN6O4/c1-13-11-29(6-7-32-13)22-25-10-16(23)20(27-22)26-15-4-5-17-14(8-15)9-18(21(31)28(17)3)33-12-19(30)24-2/h4-5,8-10,13H,6-7,11-12H2,1-3H3,(H,24,30)(H,25,26,27)/t13-/m1/s1. The van der Waals surface area contributed by atoms with E-state index in [4.69, 9.17) is 21.1 Å². The molecule has 2 N–H and O–H groups in total. The van der Waals surface area contributed by atoms with Gasteiger partial charge in [-0.3, -0.25) is 9.59 Å². The van der Waals surface area contributed by atoms with E-state index in [1.165, 1.54) is 11.6 Å². The number of carbonyl (C=O) groups excluding carboxylic acids is 1. The number of rotatable bonds is 6. The van der Waals surface area contributed by atoms with Gasteiger partial charge in [-0.25, -0.2) is 4.98 Å². The Kier molecular flexibility index (Phi) is 6.66. The molecule has 1 amide bonds. The van der Waals surface area contributed by atoms with Crippen molar-refractivity contribution in [2.75, 3.05) is 43.6 Å². The molecule has 0 bridgehead atoms. The van der Waals surface area contributed by atoms with E-state index in [9.17, 15) is 9.59 Å². The molecule has 1 aromatic carbocycles. The number of anilines is 3. The number of pyridine rings is 1. The highest BCUT2D eigenvalue weighted by Crippen LogP contribution is 2.28. The highest BCUT2D eigenvalue weighted by molar-refractivity contribution is 6.32. The van der Waals surface area contributed by atoms with Gasteiger partial charge in [0, 0.05) is 38.3 Å². The molecule has 174 valence electrons. The first-order chi connectivity index (χ1) is 15.9. The summed E-state index contributed by atoms with van der Waals surface area (Å²) in [6.45, 7) is 3.78. The number of morpholine rings is 1. The van der Waals surface area contributed by atoms with Crippen LogP contribution in [0.2, 0.25) is 5.02 Å². The summed E-state index contributed by atoms with van der Waals surface area (Å²) in [5, 5.41) is 6.83. The van der Waals surface area contributed by atoms with Crippen molar-refractivity contribution in [3.05, 3.63) is 45.8 Å². The van der Waals surface area contributed by atoms with Gasteiger partial charge >= 0.3 is 0 Å². The van der Waals surface area contributed by atoms with E-state index in [0.717, 1.165) is 16.6 Å². The first-order valence-electron chi connectivity index (χ1n) is 10.5. The lowest BCUT2D eigenvalue weighted by Gasteiger charge is -2.31. The molecule has 10 nitrogen and oxygen atoms in total. The normalized spacial score (nSPS) is 16.0. The predicted octanol–water partition coefficient (Wildman–Crippen LogP) is 2.08. The lowest BCUT2D eigenvalue weighted by molar-refractivity contribution is -0.122. The van der Waals surface area contributed by atoms with Crippen molar-refractivity contribution >= 4 is 45.9 Å². The zero-order chi connectivity index (χ0) is 23.5. The first-order valence-corrected chi connectivity index (χ1v) is 10.9. The minimum absolute atomic E-state index is 0.0922. The van der Waals surface area contributed by atoms with Crippen LogP contribution in [0.4, 0.5) is 17.5 Å². The molecule has 4 rings (SSSR count). The number of benzene rings is 1. The topological polar surface area (TPSA) is 111 Å². The van der Waals surface area contributed by atoms with Gasteiger partial charge in [-0.05, 0) is 31.2 Å². The number of carbonyl (C=O) groups is 1. The van der Waals surface area contributed by atoms with Gasteiger partial charge in [0.05, 0.1) is 24.4 Å². The fourth-order valence-corrected chi connectivity index (χ4v) is 3.72. The van der Waals surface area contributed by atoms with Crippen molar-refractivity contribution in [3.63, 3.8) is 0 Å². The average molecular weight is 473 g/mol. The van der Waals surface area contributed by atoms with Gasteiger partial charge in [-0.2, -0.15) is 4.98 Å². The van der Waals surface area contributed by atoms with Crippen molar-refractivity contribution < 1.29 is 14.3 Å². The van der Waals surface area contributed by atoms with Crippen molar-refractivity contribution in [2.45, 2.75) is 13.0 Å². The SMILES string of the molecule is CNC(=O)COc1cc2cc(Nc3nc(N4CCO[C@H](C)C4)ncc3Cl)ccc2n(C)c1=O. The van der Waals surface area contributed by atoms with Gasteiger partial charge in [-0.15, -0.1) is 0 Å². The van der Waals surface area contributed by atoms with Crippen LogP contribution in [0.5, 0.6) is 5.75 Å². The Morgan fingerprint density at radius 2 is 2.18 bits per heavy atom. The van der Waals surface area contributed by atoms with Crippen LogP contribution in [0.3, 0.4) is 0 Å². The van der Waals surface area contributed by atoms with E-state index in [1.54, 1.807) is 19.3 Å². The minimum Gasteiger partial charge on any atom is -0.478 e. The summed E-state index contributed by atoms with van der Waals surface area (Å²) in [6, 6.07) is 7.13. The molecule has 0 saturated carbocycles. The van der Waals surface area contributed by atoms with E-state index in [0.29, 0.717) is 36.5 Å². The fraction of sp³-hybridized carbons (Fsp3) is 0.364. The maximum atomic E-state index is 12.6. The van der Waals surface area contributed by atoms with Crippen molar-refractivity contribution in [3.8, 4) is 5.75 Å². The number of ether oxygens (including phenoxy) is 2. The molecule has 1 saturated heterocycles. The molecule has 0 radical (unpaired) electrons. The number of fused-ring (bicyclic) bond motifs is 1. The third-order valence-corrected chi connectivity index (χ3v) is 5.62. The van der Waals surface area contributed by atoms with Crippen LogP contribution in [0.15, 0.2) is 35.3 Å². The number of aryl methyl sites for hydroxylation is 1. The van der Waals surface area contributed by atoms with Gasteiger partial charge in [-0.1, -0.05) is 11.6 Å². The molecule has 2 aromatic heterocycles. The Labute approximate surface area is 195 Å². The summed E-state index contributed by atoms with van der Waals surface area (Å²) < 4.78 is 12.5. The number of hydrogen-bond acceptors (Lipinski definition) is 8. The van der Waals surface area contributed by atoms with E-state index < -0.39 is 0 Å². The van der Waals surface area contributed by atoms with E-state index >= 15 is 0 Å². The van der Waals surface area contributed by atoms with Crippen LogP contribution in [0.1, 0.15) is 6.92 Å². The van der Waals surface area contributed by atoms with Crippen molar-refractivity contribution in [2.24, 2.45) is 7.05 Å². The number of aromatic nitrogens is 3. The summed E-state index contributed by atoms with van der Waals surface area (Å²) in [5.74, 6) is 0.817. The molecule has 3 aromatic rings. The number of amides is 1. The zero-order valence-electron chi connectivity index (χ0n) is 18.6. The molecule has 0 spiro atoms. The monoisotopic (exact) mass is 472 g/mol. The first kappa shape index (κ1) is 22.8. The summed E-state index contributed by atoms with van der Waals surface area (Å²) in [4.78, 5) is 35.1. The van der Waals surface area contributed by atoms with Crippen LogP contribution in [-0.4, -0.2) is 59.9 Å². The summed E-state index contributed by atoms with van der Waals surface area (Å²) in [6.07, 6.45) is 1.67. The molecular weight excluding hydrogens is 448 g/mol. The van der Waals surface area contributed by atoms with Crippen LogP contribution < -0.4 is 25.8 Å². The summed E-state index contributed by atoms with van der Waals surface area (Å²) >= 11 is 6.35. The number of nitrogens with zero attached hydrogens (tertiary/aromatic N) is 4. The van der Waals surface area contributed by atoms with Gasteiger partial charge in [0.2, 0.25) is 5.95 Å². The number of likely N-dealkylation sites (N-methyl/N-ethyl adjacent to an activating group) is 1. The van der Waals surface area contributed by atoms with Crippen LogP contribution in [0.25, 0.3) is 10.9 Å². The lowest BCUT2D eigenvalue weighted by atomic mass is 10.2. The largest absolute Gasteiger partial charge is 0.478 e. The maximum absolute atomic E-state index is 12.6. The lowest BCUT2D eigenvalue weighted by Crippen LogP contribution is -2.42. The Hall–Kier alpha value is -3.37. The number of nitrogens with one attached hydrogen (secondary N) is 2. The Bertz CT molecular complexity index is 1250. The Morgan fingerprint density at radius 3 is 2.94 bits per heavy atom. The molecule has 1 aliphatic rings. The fourth-order valence-electron chi connectivity index (χ4n) is 3.58. The second-order valence-corrected chi connectivity index (χ2v) is 8.13. The minimum atomic E-state index is -0.324. The highest BCUT2D eigenvalue weighted by atomic mass is 35.5. The number of hydrogen-bond donors (Lipinski definition) is 2. The molecule has 3 heterocycles. The van der Waals surface area contributed by atoms with Gasteiger partial charge in [0.15, 0.2) is 18.2 Å². The molecule has 0 unspecified atom stereocenters. The molecule has 11 heteroatoms. The highest BCUT2D eigenvalue weighted by Gasteiger charge is 2.20. The van der Waals surface area contributed by atoms with Crippen molar-refractivity contribution in [1.82, 2.24) is 19.9 Å². The Morgan fingerprint density at radius 1 is 1.36 bits per heavy atom. The van der Waals surface area contributed by atoms with Crippen molar-refractivity contribution in [1.29, 1.82) is 0 Å². The summed E-state index contributed by atoms with van der Waals surface area (Å²) in [5.41, 5.74) is 1.12. The molecule has 33 heavy (non-hydrogen) atoms. The molecule has 1 atom stereocenters. The zero-order valence-corrected chi connectivity index (χ0v) is 19.3. The second-order valence-electron chi connectivity index (χ2n) is 7.73. The van der Waals surface area contributed by atoms with Gasteiger partial charge < -0.3 is 29.6 Å². The number of halogens is 1. The van der Waals surface area contributed by atoms with E-state index in [1.807, 2.05) is 25.1 Å². The average Bonchev–Trinajstić information content (AvgIpc) is 2.81. The second kappa shape index (κ2) is 9.63. The van der Waals surface area contributed by atoms with E-state index in [2.05, 4.69) is 25.5 Å². The van der Waals surface area contributed by atoms with Crippen LogP contribution >= 0.6 is 11.6 Å². The van der Waals surface area contributed by atoms with Gasteiger partial charge in [0.1, 0.15) is 5.02 Å². The molecule has 1 aliphatic heterocycles. The maximum Gasteiger partial charge on any atom is 0.293 e. The third-order valence-electron chi connectivity index (χ3n) is 5.35. The third kappa shape index (κ3) is 5.01. The molecule has 0 aliphatic carbocycles. The van der Waals surface area contributed by atoms with Gasteiger partial charge in [0.25, 0.3) is 11.5 Å². The quantitative estimate of drug-likeness (QED) is 0.561. The van der Waals surface area contributed by atoms with Crippen LogP contribution in [0, 0.1) is 0 Å². The predicted molar refractivity (Wildman–Crippen MR) is 127 cm³/mol. The molecular formula is C22H25ClN6O4. The summed E-state index contributed by atoms with van der Waals surface area (Å²) in [7, 11) is 3.16. The van der Waals surface area contributed by atoms with Crippen LogP contribution in [-0.2, 0) is 16.6 Å². The molecule has 1 fully saturated rings. The van der Waals surface area contributed by atoms with E-state index in [-0.39, 0.29) is 29.9 Å².